The number of benzene rings is 3. The molecule has 0 aliphatic carbocycles. The molecule has 34 heavy (non-hydrogen) atoms. The molecule has 3 aromatic carbocycles. The molecular weight excluding hydrogens is 448 g/mol. The number of ether oxygens (including phenoxy) is 3. The van der Waals surface area contributed by atoms with Crippen molar-refractivity contribution < 1.29 is 31.8 Å². The molecule has 4 rings (SSSR count). The van der Waals surface area contributed by atoms with Crippen LogP contribution in [0.2, 0.25) is 0 Å². The molecule has 1 aliphatic heterocycles. The van der Waals surface area contributed by atoms with Gasteiger partial charge in [-0.2, -0.15) is 0 Å². The molecule has 3 aromatic rings. The van der Waals surface area contributed by atoms with Crippen LogP contribution in [0.1, 0.15) is 29.5 Å². The van der Waals surface area contributed by atoms with Gasteiger partial charge in [0, 0.05) is 37.0 Å². The SMILES string of the molecule is COCCC1COC(CCc2ccc(C#Cc3ccc4c(F)c(F)c(F)cc4c3)c(F)c2)OC1. The normalized spacial score (nSPS) is 18.0. The highest BCUT2D eigenvalue weighted by Crippen LogP contribution is 2.24. The second-order valence-corrected chi connectivity index (χ2v) is 8.27. The quantitative estimate of drug-likeness (QED) is 0.260. The van der Waals surface area contributed by atoms with Gasteiger partial charge < -0.3 is 14.2 Å². The first-order valence-corrected chi connectivity index (χ1v) is 11.0. The zero-order chi connectivity index (χ0) is 24.1. The lowest BCUT2D eigenvalue weighted by atomic mass is 10.0. The van der Waals surface area contributed by atoms with Crippen molar-refractivity contribution in [3.05, 3.63) is 82.4 Å². The van der Waals surface area contributed by atoms with E-state index in [0.29, 0.717) is 44.1 Å². The van der Waals surface area contributed by atoms with E-state index in [2.05, 4.69) is 11.8 Å². The van der Waals surface area contributed by atoms with Gasteiger partial charge in [0.05, 0.1) is 18.8 Å². The lowest BCUT2D eigenvalue weighted by Crippen LogP contribution is -2.32. The first-order valence-electron chi connectivity index (χ1n) is 11.0. The summed E-state index contributed by atoms with van der Waals surface area (Å²) in [5, 5.41) is 0.132. The predicted molar refractivity (Wildman–Crippen MR) is 120 cm³/mol. The van der Waals surface area contributed by atoms with E-state index in [1.54, 1.807) is 19.2 Å². The number of halogens is 4. The fraction of sp³-hybridized carbons (Fsp3) is 0.333. The maximum Gasteiger partial charge on any atom is 0.195 e. The van der Waals surface area contributed by atoms with Gasteiger partial charge in [-0.05, 0) is 54.1 Å². The van der Waals surface area contributed by atoms with Crippen LogP contribution in [0.3, 0.4) is 0 Å². The average Bonchev–Trinajstić information content (AvgIpc) is 2.84. The lowest BCUT2D eigenvalue weighted by Gasteiger charge is -2.29. The summed E-state index contributed by atoms with van der Waals surface area (Å²) >= 11 is 0. The van der Waals surface area contributed by atoms with Gasteiger partial charge in [-0.25, -0.2) is 17.6 Å². The van der Waals surface area contributed by atoms with Crippen molar-refractivity contribution in [1.82, 2.24) is 0 Å². The minimum atomic E-state index is -1.51. The van der Waals surface area contributed by atoms with Gasteiger partial charge >= 0.3 is 0 Å². The second-order valence-electron chi connectivity index (χ2n) is 8.27. The number of methoxy groups -OCH3 is 1. The maximum atomic E-state index is 14.6. The molecule has 178 valence electrons. The number of fused-ring (bicyclic) bond motifs is 1. The predicted octanol–water partition coefficient (Wildman–Crippen LogP) is 5.75. The third kappa shape index (κ3) is 5.76. The van der Waals surface area contributed by atoms with Gasteiger partial charge in [0.2, 0.25) is 0 Å². The van der Waals surface area contributed by atoms with Crippen molar-refractivity contribution in [1.29, 1.82) is 0 Å². The smallest absolute Gasteiger partial charge is 0.195 e. The summed E-state index contributed by atoms with van der Waals surface area (Å²) < 4.78 is 71.9. The third-order valence-electron chi connectivity index (χ3n) is 5.78. The monoisotopic (exact) mass is 472 g/mol. The third-order valence-corrected chi connectivity index (χ3v) is 5.78. The Morgan fingerprint density at radius 3 is 2.41 bits per heavy atom. The Morgan fingerprint density at radius 1 is 0.882 bits per heavy atom. The number of hydrogen-bond acceptors (Lipinski definition) is 3. The van der Waals surface area contributed by atoms with Crippen LogP contribution in [-0.4, -0.2) is 33.2 Å². The summed E-state index contributed by atoms with van der Waals surface area (Å²) in [7, 11) is 1.67. The van der Waals surface area contributed by atoms with Gasteiger partial charge in [-0.3, -0.25) is 0 Å². The highest BCUT2D eigenvalue weighted by molar-refractivity contribution is 5.84. The minimum Gasteiger partial charge on any atom is -0.385 e. The Kier molecular flexibility index (Phi) is 7.84. The standard InChI is InChI=1S/C27H24F4O3/c1-32-11-10-19-15-33-25(34-16-19)9-5-18-3-7-20(23(28)13-18)6-2-17-4-8-22-21(12-17)14-24(29)27(31)26(22)30/h3-4,7-8,12-14,19,25H,5,9-11,15-16H2,1H3. The molecule has 7 heteroatoms. The maximum absolute atomic E-state index is 14.6. The minimum absolute atomic E-state index is 0.0450. The largest absolute Gasteiger partial charge is 0.385 e. The van der Waals surface area contributed by atoms with Crippen LogP contribution in [0.4, 0.5) is 17.6 Å². The van der Waals surface area contributed by atoms with Crippen LogP contribution in [-0.2, 0) is 20.6 Å². The summed E-state index contributed by atoms with van der Waals surface area (Å²) in [6.07, 6.45) is 1.79. The van der Waals surface area contributed by atoms with E-state index < -0.39 is 23.3 Å². The van der Waals surface area contributed by atoms with Crippen LogP contribution in [0.15, 0.2) is 42.5 Å². The molecule has 0 spiro atoms. The Labute approximate surface area is 195 Å². The summed E-state index contributed by atoms with van der Waals surface area (Å²) in [6.45, 7) is 1.92. The van der Waals surface area contributed by atoms with Crippen molar-refractivity contribution >= 4 is 10.8 Å². The summed E-state index contributed by atoms with van der Waals surface area (Å²) in [4.78, 5) is 0. The lowest BCUT2D eigenvalue weighted by molar-refractivity contribution is -0.204. The molecule has 0 aromatic heterocycles. The number of rotatable bonds is 6. The Bertz CT molecular complexity index is 1220. The first-order chi connectivity index (χ1) is 16.4. The Balaban J connectivity index is 1.38. The van der Waals surface area contributed by atoms with E-state index in [-0.39, 0.29) is 22.6 Å². The molecule has 1 aliphatic rings. The molecule has 0 saturated carbocycles. The van der Waals surface area contributed by atoms with Crippen LogP contribution in [0.5, 0.6) is 0 Å². The van der Waals surface area contributed by atoms with Gasteiger partial charge in [-0.15, -0.1) is 0 Å². The molecule has 0 unspecified atom stereocenters. The molecule has 0 amide bonds. The van der Waals surface area contributed by atoms with Crippen LogP contribution < -0.4 is 0 Å². The van der Waals surface area contributed by atoms with E-state index in [0.717, 1.165) is 18.1 Å². The van der Waals surface area contributed by atoms with E-state index in [1.807, 2.05) is 0 Å². The fourth-order valence-electron chi connectivity index (χ4n) is 3.82. The topological polar surface area (TPSA) is 27.7 Å². The highest BCUT2D eigenvalue weighted by atomic mass is 19.2. The molecule has 0 bridgehead atoms. The fourth-order valence-corrected chi connectivity index (χ4v) is 3.82. The molecule has 1 fully saturated rings. The van der Waals surface area contributed by atoms with Crippen LogP contribution in [0.25, 0.3) is 10.8 Å². The summed E-state index contributed by atoms with van der Waals surface area (Å²) in [5.41, 5.74) is 1.43. The molecular formula is C27H24F4O3. The van der Waals surface area contributed by atoms with E-state index in [9.17, 15) is 17.6 Å². The molecule has 0 N–H and O–H groups in total. The van der Waals surface area contributed by atoms with E-state index in [1.165, 1.54) is 24.3 Å². The average molecular weight is 472 g/mol. The van der Waals surface area contributed by atoms with E-state index >= 15 is 0 Å². The van der Waals surface area contributed by atoms with Crippen LogP contribution >= 0.6 is 0 Å². The van der Waals surface area contributed by atoms with Gasteiger partial charge in [-0.1, -0.05) is 24.0 Å². The van der Waals surface area contributed by atoms with Crippen LogP contribution in [0, 0.1) is 41.0 Å². The van der Waals surface area contributed by atoms with Crippen molar-refractivity contribution in [3.8, 4) is 11.8 Å². The Morgan fingerprint density at radius 2 is 1.68 bits per heavy atom. The van der Waals surface area contributed by atoms with Gasteiger partial charge in [0.15, 0.2) is 23.7 Å². The first kappa shape index (κ1) is 24.2. The molecule has 1 heterocycles. The Hall–Kier alpha value is -2.92. The highest BCUT2D eigenvalue weighted by Gasteiger charge is 2.22. The zero-order valence-corrected chi connectivity index (χ0v) is 18.7. The zero-order valence-electron chi connectivity index (χ0n) is 18.7. The van der Waals surface area contributed by atoms with Crippen molar-refractivity contribution in [2.75, 3.05) is 26.9 Å². The molecule has 3 nitrogen and oxygen atoms in total. The van der Waals surface area contributed by atoms with Crippen molar-refractivity contribution in [2.45, 2.75) is 25.6 Å². The molecule has 0 atom stereocenters. The van der Waals surface area contributed by atoms with E-state index in [4.69, 9.17) is 14.2 Å². The molecule has 1 saturated heterocycles. The van der Waals surface area contributed by atoms with Gasteiger partial charge in [0.1, 0.15) is 5.82 Å². The number of aryl methyl sites for hydroxylation is 1. The molecule has 0 radical (unpaired) electrons. The summed E-state index contributed by atoms with van der Waals surface area (Å²) in [5.74, 6) is 1.37. The summed E-state index contributed by atoms with van der Waals surface area (Å²) in [6, 6.07) is 9.97. The van der Waals surface area contributed by atoms with Crippen molar-refractivity contribution in [3.63, 3.8) is 0 Å². The van der Waals surface area contributed by atoms with Gasteiger partial charge in [0.25, 0.3) is 0 Å². The van der Waals surface area contributed by atoms with Crippen molar-refractivity contribution in [2.24, 2.45) is 5.92 Å². The second kappa shape index (κ2) is 11.0. The number of hydrogen-bond donors (Lipinski definition) is 0.